The fourth-order valence-corrected chi connectivity index (χ4v) is 2.13. The van der Waals surface area contributed by atoms with Crippen LogP contribution in [0.2, 0.25) is 0 Å². The van der Waals surface area contributed by atoms with Crippen molar-refractivity contribution in [3.05, 3.63) is 35.9 Å². The van der Waals surface area contributed by atoms with Gasteiger partial charge in [-0.15, -0.1) is 0 Å². The number of nitrogens with one attached hydrogen (secondary N) is 1. The van der Waals surface area contributed by atoms with E-state index >= 15 is 0 Å². The second-order valence-corrected chi connectivity index (χ2v) is 5.29. The number of aryl methyl sites for hydroxylation is 1. The lowest BCUT2D eigenvalue weighted by molar-refractivity contribution is -0.134. The third-order valence-corrected chi connectivity index (χ3v) is 3.56. The van der Waals surface area contributed by atoms with Gasteiger partial charge in [0.2, 0.25) is 5.91 Å². The van der Waals surface area contributed by atoms with Crippen LogP contribution in [0.5, 0.6) is 0 Å². The summed E-state index contributed by atoms with van der Waals surface area (Å²) in [6, 6.07) is 10.5. The summed E-state index contributed by atoms with van der Waals surface area (Å²) in [5, 5.41) is 1.82. The smallest absolute Gasteiger partial charge is 0.236 e. The van der Waals surface area contributed by atoms with Crippen LogP contribution in [0.3, 0.4) is 0 Å². The fraction of sp³-hybridized carbons (Fsp3) is 0.562. The van der Waals surface area contributed by atoms with Crippen molar-refractivity contribution in [3.63, 3.8) is 0 Å². The van der Waals surface area contributed by atoms with Crippen LogP contribution >= 0.6 is 0 Å². The first kappa shape index (κ1) is 14.1. The summed E-state index contributed by atoms with van der Waals surface area (Å²) >= 11 is 0. The number of carbonyl (C=O) groups excluding carboxylic acids is 1. The quantitative estimate of drug-likeness (QED) is 0.729. The summed E-state index contributed by atoms with van der Waals surface area (Å²) in [5.74, 6) is 0.995. The van der Waals surface area contributed by atoms with Crippen LogP contribution in [0, 0.1) is 5.92 Å². The second kappa shape index (κ2) is 7.29. The third kappa shape index (κ3) is 5.03. The minimum Gasteiger partial charge on any atom is -0.278 e. The molecule has 0 heterocycles. The van der Waals surface area contributed by atoms with Gasteiger partial charge in [-0.2, -0.15) is 0 Å². The van der Waals surface area contributed by atoms with Crippen molar-refractivity contribution in [2.75, 3.05) is 13.1 Å². The van der Waals surface area contributed by atoms with E-state index < -0.39 is 0 Å². The predicted molar refractivity (Wildman–Crippen MR) is 77.5 cm³/mol. The molecular weight excluding hydrogens is 236 g/mol. The molecule has 0 atom stereocenters. The standard InChI is InChI=1S/C16H24N2O/c1-2-16(19)18(17-13-15-10-11-15)12-6-9-14-7-4-3-5-8-14/h3-5,7-8,15,17H,2,6,9-13H2,1H3. The molecule has 1 amide bonds. The summed E-state index contributed by atoms with van der Waals surface area (Å²) in [6.45, 7) is 3.68. The van der Waals surface area contributed by atoms with Gasteiger partial charge in [-0.05, 0) is 37.2 Å². The van der Waals surface area contributed by atoms with Gasteiger partial charge in [-0.25, -0.2) is 5.43 Å². The van der Waals surface area contributed by atoms with Gasteiger partial charge in [0.15, 0.2) is 0 Å². The highest BCUT2D eigenvalue weighted by atomic mass is 16.2. The molecule has 0 aliphatic heterocycles. The first-order valence-electron chi connectivity index (χ1n) is 7.37. The molecule has 3 nitrogen and oxygen atoms in total. The maximum Gasteiger partial charge on any atom is 0.236 e. The Labute approximate surface area is 116 Å². The Balaban J connectivity index is 1.73. The van der Waals surface area contributed by atoms with E-state index in [0.717, 1.165) is 31.8 Å². The van der Waals surface area contributed by atoms with Crippen molar-refractivity contribution >= 4 is 5.91 Å². The van der Waals surface area contributed by atoms with Crippen LogP contribution < -0.4 is 5.43 Å². The zero-order valence-corrected chi connectivity index (χ0v) is 11.8. The molecule has 1 aromatic carbocycles. The molecule has 1 saturated carbocycles. The summed E-state index contributed by atoms with van der Waals surface area (Å²) in [6.07, 6.45) is 5.23. The molecule has 1 fully saturated rings. The van der Waals surface area contributed by atoms with Gasteiger partial charge in [-0.3, -0.25) is 9.80 Å². The van der Waals surface area contributed by atoms with Gasteiger partial charge < -0.3 is 0 Å². The molecule has 1 aromatic rings. The molecule has 104 valence electrons. The molecule has 1 aliphatic carbocycles. The maximum absolute atomic E-state index is 11.9. The normalized spacial score (nSPS) is 14.4. The van der Waals surface area contributed by atoms with Gasteiger partial charge in [0.25, 0.3) is 0 Å². The lowest BCUT2D eigenvalue weighted by Gasteiger charge is -2.23. The van der Waals surface area contributed by atoms with Crippen molar-refractivity contribution in [1.29, 1.82) is 0 Å². The lowest BCUT2D eigenvalue weighted by atomic mass is 10.1. The number of benzene rings is 1. The number of amides is 1. The third-order valence-electron chi connectivity index (χ3n) is 3.56. The topological polar surface area (TPSA) is 32.3 Å². The van der Waals surface area contributed by atoms with Crippen LogP contribution in [0.1, 0.15) is 38.2 Å². The average molecular weight is 260 g/mol. The van der Waals surface area contributed by atoms with Crippen LogP contribution in [0.25, 0.3) is 0 Å². The Kier molecular flexibility index (Phi) is 5.40. The maximum atomic E-state index is 11.9. The van der Waals surface area contributed by atoms with E-state index in [9.17, 15) is 4.79 Å². The van der Waals surface area contributed by atoms with E-state index in [1.54, 1.807) is 0 Å². The molecule has 0 radical (unpaired) electrons. The Morgan fingerprint density at radius 3 is 2.68 bits per heavy atom. The SMILES string of the molecule is CCC(=O)N(CCCc1ccccc1)NCC1CC1. The Morgan fingerprint density at radius 2 is 2.05 bits per heavy atom. The first-order valence-corrected chi connectivity index (χ1v) is 7.37. The minimum absolute atomic E-state index is 0.203. The van der Waals surface area contributed by atoms with Crippen LogP contribution in [-0.2, 0) is 11.2 Å². The molecular formula is C16H24N2O. The van der Waals surface area contributed by atoms with E-state index in [-0.39, 0.29) is 5.91 Å². The van der Waals surface area contributed by atoms with Crippen molar-refractivity contribution in [1.82, 2.24) is 10.4 Å². The largest absolute Gasteiger partial charge is 0.278 e. The minimum atomic E-state index is 0.203. The molecule has 3 heteroatoms. The van der Waals surface area contributed by atoms with Crippen LogP contribution in [0.15, 0.2) is 30.3 Å². The highest BCUT2D eigenvalue weighted by Crippen LogP contribution is 2.27. The highest BCUT2D eigenvalue weighted by molar-refractivity contribution is 5.75. The molecule has 19 heavy (non-hydrogen) atoms. The predicted octanol–water partition coefficient (Wildman–Crippen LogP) is 2.77. The Hall–Kier alpha value is -1.35. The number of rotatable bonds is 8. The van der Waals surface area contributed by atoms with E-state index in [4.69, 9.17) is 0 Å². The first-order chi connectivity index (χ1) is 9.29. The number of hydrogen-bond donors (Lipinski definition) is 1. The summed E-state index contributed by atoms with van der Waals surface area (Å²) in [7, 11) is 0. The highest BCUT2D eigenvalue weighted by Gasteiger charge is 2.22. The molecule has 0 saturated heterocycles. The van der Waals surface area contributed by atoms with Crippen molar-refractivity contribution < 1.29 is 4.79 Å². The molecule has 2 rings (SSSR count). The molecule has 0 bridgehead atoms. The van der Waals surface area contributed by atoms with E-state index in [2.05, 4.69) is 29.7 Å². The lowest BCUT2D eigenvalue weighted by Crippen LogP contribution is -2.44. The summed E-state index contributed by atoms with van der Waals surface area (Å²) in [5.41, 5.74) is 4.64. The number of nitrogens with zero attached hydrogens (tertiary/aromatic N) is 1. The van der Waals surface area contributed by atoms with Crippen LogP contribution in [0.4, 0.5) is 0 Å². The van der Waals surface area contributed by atoms with Crippen molar-refractivity contribution in [3.8, 4) is 0 Å². The van der Waals surface area contributed by atoms with E-state index in [0.29, 0.717) is 6.42 Å². The number of hydrazine groups is 1. The summed E-state index contributed by atoms with van der Waals surface area (Å²) in [4.78, 5) is 11.9. The molecule has 1 N–H and O–H groups in total. The summed E-state index contributed by atoms with van der Waals surface area (Å²) < 4.78 is 0. The second-order valence-electron chi connectivity index (χ2n) is 5.29. The van der Waals surface area contributed by atoms with Gasteiger partial charge in [0.1, 0.15) is 0 Å². The molecule has 0 aromatic heterocycles. The van der Waals surface area contributed by atoms with Crippen molar-refractivity contribution in [2.24, 2.45) is 5.92 Å². The molecule has 1 aliphatic rings. The van der Waals surface area contributed by atoms with Crippen LogP contribution in [-0.4, -0.2) is 24.0 Å². The zero-order chi connectivity index (χ0) is 13.5. The zero-order valence-electron chi connectivity index (χ0n) is 11.8. The average Bonchev–Trinajstić information content (AvgIpc) is 3.27. The van der Waals surface area contributed by atoms with E-state index in [1.807, 2.05) is 18.0 Å². The van der Waals surface area contributed by atoms with E-state index in [1.165, 1.54) is 18.4 Å². The van der Waals surface area contributed by atoms with Gasteiger partial charge >= 0.3 is 0 Å². The number of hydrogen-bond acceptors (Lipinski definition) is 2. The molecule has 0 unspecified atom stereocenters. The Morgan fingerprint density at radius 1 is 1.32 bits per heavy atom. The van der Waals surface area contributed by atoms with Gasteiger partial charge in [0.05, 0.1) is 0 Å². The fourth-order valence-electron chi connectivity index (χ4n) is 2.13. The Bertz CT molecular complexity index is 387. The molecule has 0 spiro atoms. The number of carbonyl (C=O) groups is 1. The van der Waals surface area contributed by atoms with Gasteiger partial charge in [-0.1, -0.05) is 37.3 Å². The van der Waals surface area contributed by atoms with Gasteiger partial charge in [0, 0.05) is 19.5 Å². The van der Waals surface area contributed by atoms with Crippen molar-refractivity contribution in [2.45, 2.75) is 39.0 Å². The monoisotopic (exact) mass is 260 g/mol.